The Labute approximate surface area is 139 Å². The normalized spacial score (nSPS) is 15.3. The molecule has 0 radical (unpaired) electrons. The fourth-order valence-corrected chi connectivity index (χ4v) is 4.31. The van der Waals surface area contributed by atoms with E-state index >= 15 is 0 Å². The number of nitrogens with one attached hydrogen (secondary N) is 1. The fraction of sp³-hybridized carbons (Fsp3) is 0.500. The molecule has 0 aromatic carbocycles. The van der Waals surface area contributed by atoms with Gasteiger partial charge in [-0.05, 0) is 56.2 Å². The average Bonchev–Trinajstić information content (AvgIpc) is 3.16. The van der Waals surface area contributed by atoms with Gasteiger partial charge in [0, 0.05) is 17.3 Å². The number of rotatable bonds is 6. The molecular weight excluding hydrogens is 314 g/mol. The maximum absolute atomic E-state index is 12.7. The van der Waals surface area contributed by atoms with E-state index in [-0.39, 0.29) is 11.9 Å². The topological polar surface area (TPSA) is 46.9 Å². The van der Waals surface area contributed by atoms with Gasteiger partial charge in [0.25, 0.3) is 0 Å². The zero-order chi connectivity index (χ0) is 15.4. The minimum Gasteiger partial charge on any atom is -0.342 e. The van der Waals surface area contributed by atoms with Gasteiger partial charge in [0.2, 0.25) is 5.91 Å². The molecule has 0 saturated heterocycles. The highest BCUT2D eigenvalue weighted by Gasteiger charge is 2.22. The van der Waals surface area contributed by atoms with Crippen LogP contribution in [0.25, 0.3) is 0 Å². The van der Waals surface area contributed by atoms with Gasteiger partial charge in [-0.3, -0.25) is 4.79 Å². The molecule has 22 heavy (non-hydrogen) atoms. The number of carbonyl (C=O) groups excluding carboxylic acids is 1. The van der Waals surface area contributed by atoms with E-state index in [4.69, 9.17) is 0 Å². The van der Waals surface area contributed by atoms with E-state index in [1.165, 1.54) is 23.4 Å². The maximum atomic E-state index is 12.7. The molecule has 1 amide bonds. The lowest BCUT2D eigenvalue weighted by molar-refractivity contribution is -0.119. The summed E-state index contributed by atoms with van der Waals surface area (Å²) >= 11 is 3.41. The lowest BCUT2D eigenvalue weighted by atomic mass is 10.0. The first kappa shape index (κ1) is 15.6. The first-order valence-corrected chi connectivity index (χ1v) is 9.90. The van der Waals surface area contributed by atoms with Crippen molar-refractivity contribution in [1.82, 2.24) is 9.55 Å². The van der Waals surface area contributed by atoms with Crippen LogP contribution < -0.4 is 5.32 Å². The molecule has 0 spiro atoms. The van der Waals surface area contributed by atoms with Crippen LogP contribution in [0, 0.1) is 0 Å². The highest BCUT2D eigenvalue weighted by Crippen LogP contribution is 2.30. The highest BCUT2D eigenvalue weighted by atomic mass is 32.2. The molecule has 0 bridgehead atoms. The third-order valence-corrected chi connectivity index (χ3v) is 5.68. The summed E-state index contributed by atoms with van der Waals surface area (Å²) in [5.41, 5.74) is 1.19. The summed E-state index contributed by atoms with van der Waals surface area (Å²) in [7, 11) is 0. The molecule has 0 saturated carbocycles. The second-order valence-corrected chi connectivity index (χ2v) is 7.58. The van der Waals surface area contributed by atoms with Gasteiger partial charge < -0.3 is 9.88 Å². The molecule has 1 aliphatic rings. The first-order chi connectivity index (χ1) is 10.8. The standard InChI is InChI=1S/C16H21N3OS2/c1-21-11-8-13(19-9-4-5-10-19)15(20)18-16-17-12-6-2-3-7-14(12)22-16/h4-5,9-10,13H,2-3,6-8,11H2,1H3,(H,17,18,20)/t13-/m0/s1. The van der Waals surface area contributed by atoms with Gasteiger partial charge in [-0.25, -0.2) is 4.98 Å². The number of fused-ring (bicyclic) bond motifs is 1. The van der Waals surface area contributed by atoms with Crippen molar-refractivity contribution in [1.29, 1.82) is 0 Å². The summed E-state index contributed by atoms with van der Waals surface area (Å²) in [6, 6.07) is 3.76. The quantitative estimate of drug-likeness (QED) is 0.874. The second-order valence-electron chi connectivity index (χ2n) is 5.51. The molecule has 1 aliphatic carbocycles. The summed E-state index contributed by atoms with van der Waals surface area (Å²) in [6.07, 6.45) is 11.4. The number of carbonyl (C=O) groups is 1. The Morgan fingerprint density at radius 2 is 2.18 bits per heavy atom. The third kappa shape index (κ3) is 3.55. The van der Waals surface area contributed by atoms with Crippen LogP contribution in [0.3, 0.4) is 0 Å². The minimum atomic E-state index is -0.164. The number of hydrogen-bond acceptors (Lipinski definition) is 4. The van der Waals surface area contributed by atoms with Crippen molar-refractivity contribution in [2.75, 3.05) is 17.3 Å². The monoisotopic (exact) mass is 335 g/mol. The van der Waals surface area contributed by atoms with Gasteiger partial charge in [0.05, 0.1) is 5.69 Å². The Bertz CT molecular complexity index is 598. The molecule has 2 aromatic rings. The van der Waals surface area contributed by atoms with Crippen LogP contribution in [0.1, 0.15) is 35.9 Å². The van der Waals surface area contributed by atoms with Crippen LogP contribution in [0.5, 0.6) is 0 Å². The van der Waals surface area contributed by atoms with Crippen LogP contribution in [0.15, 0.2) is 24.5 Å². The Morgan fingerprint density at radius 3 is 2.91 bits per heavy atom. The summed E-state index contributed by atoms with van der Waals surface area (Å²) < 4.78 is 1.99. The van der Waals surface area contributed by atoms with Crippen molar-refractivity contribution in [2.24, 2.45) is 0 Å². The van der Waals surface area contributed by atoms with E-state index in [0.717, 1.165) is 30.1 Å². The van der Waals surface area contributed by atoms with E-state index in [9.17, 15) is 4.79 Å². The largest absolute Gasteiger partial charge is 0.342 e. The van der Waals surface area contributed by atoms with Gasteiger partial charge in [-0.2, -0.15) is 11.8 Å². The average molecular weight is 335 g/mol. The van der Waals surface area contributed by atoms with Gasteiger partial charge in [0.15, 0.2) is 5.13 Å². The second kappa shape index (κ2) is 7.33. The Hall–Kier alpha value is -1.27. The first-order valence-electron chi connectivity index (χ1n) is 7.69. The van der Waals surface area contributed by atoms with Gasteiger partial charge in [0.1, 0.15) is 6.04 Å². The zero-order valence-electron chi connectivity index (χ0n) is 12.7. The molecule has 0 fully saturated rings. The predicted octanol–water partition coefficient (Wildman–Crippen LogP) is 3.76. The minimum absolute atomic E-state index is 0.0383. The van der Waals surface area contributed by atoms with Crippen molar-refractivity contribution in [2.45, 2.75) is 38.1 Å². The molecule has 0 unspecified atom stereocenters. The molecule has 0 aliphatic heterocycles. The van der Waals surface area contributed by atoms with Crippen LogP contribution in [-0.2, 0) is 17.6 Å². The summed E-state index contributed by atoms with van der Waals surface area (Å²) in [5, 5.41) is 3.80. The van der Waals surface area contributed by atoms with E-state index in [0.29, 0.717) is 0 Å². The van der Waals surface area contributed by atoms with Crippen molar-refractivity contribution >= 4 is 34.1 Å². The summed E-state index contributed by atoms with van der Waals surface area (Å²) in [4.78, 5) is 18.6. The number of anilines is 1. The zero-order valence-corrected chi connectivity index (χ0v) is 14.4. The maximum Gasteiger partial charge on any atom is 0.249 e. The van der Waals surface area contributed by atoms with Crippen LogP contribution in [-0.4, -0.2) is 27.5 Å². The molecule has 1 atom stereocenters. The summed E-state index contributed by atoms with van der Waals surface area (Å²) in [5.74, 6) is 1.00. The lowest BCUT2D eigenvalue weighted by Gasteiger charge is -2.17. The number of aryl methyl sites for hydroxylation is 2. The number of nitrogens with zero attached hydrogens (tertiary/aromatic N) is 2. The van der Waals surface area contributed by atoms with E-state index in [1.54, 1.807) is 23.1 Å². The van der Waals surface area contributed by atoms with E-state index < -0.39 is 0 Å². The Morgan fingerprint density at radius 1 is 1.41 bits per heavy atom. The number of aromatic nitrogens is 2. The number of amides is 1. The number of hydrogen-bond donors (Lipinski definition) is 1. The number of thiazole rings is 1. The third-order valence-electron chi connectivity index (χ3n) is 3.96. The molecule has 3 rings (SSSR count). The lowest BCUT2D eigenvalue weighted by Crippen LogP contribution is -2.25. The van der Waals surface area contributed by atoms with Gasteiger partial charge >= 0.3 is 0 Å². The van der Waals surface area contributed by atoms with Crippen LogP contribution >= 0.6 is 23.1 Å². The van der Waals surface area contributed by atoms with E-state index in [2.05, 4.69) is 16.6 Å². The molecule has 2 aromatic heterocycles. The fourth-order valence-electron chi connectivity index (χ4n) is 2.79. The van der Waals surface area contributed by atoms with Crippen LogP contribution in [0.4, 0.5) is 5.13 Å². The van der Waals surface area contributed by atoms with Crippen LogP contribution in [0.2, 0.25) is 0 Å². The van der Waals surface area contributed by atoms with Gasteiger partial charge in [-0.1, -0.05) is 0 Å². The highest BCUT2D eigenvalue weighted by molar-refractivity contribution is 7.98. The Kier molecular flexibility index (Phi) is 5.20. The van der Waals surface area contributed by atoms with Gasteiger partial charge in [-0.15, -0.1) is 11.3 Å². The van der Waals surface area contributed by atoms with E-state index in [1.807, 2.05) is 29.1 Å². The summed E-state index contributed by atoms with van der Waals surface area (Å²) in [6.45, 7) is 0. The smallest absolute Gasteiger partial charge is 0.249 e. The predicted molar refractivity (Wildman–Crippen MR) is 93.9 cm³/mol. The molecule has 2 heterocycles. The molecular formula is C16H21N3OS2. The van der Waals surface area contributed by atoms with Crippen molar-refractivity contribution in [3.8, 4) is 0 Å². The molecule has 1 N–H and O–H groups in total. The number of thioether (sulfide) groups is 1. The molecule has 6 heteroatoms. The van der Waals surface area contributed by atoms with Crippen molar-refractivity contribution in [3.63, 3.8) is 0 Å². The van der Waals surface area contributed by atoms with Crippen molar-refractivity contribution in [3.05, 3.63) is 35.1 Å². The molecule has 4 nitrogen and oxygen atoms in total. The SMILES string of the molecule is CSCC[C@@H](C(=O)Nc1nc2c(s1)CCCC2)n1cccc1. The van der Waals surface area contributed by atoms with Crippen molar-refractivity contribution < 1.29 is 4.79 Å². The Balaban J connectivity index is 1.71. The molecule has 118 valence electrons.